The minimum Gasteiger partial charge on any atom is -0.347 e. The summed E-state index contributed by atoms with van der Waals surface area (Å²) < 4.78 is 66.0. The highest BCUT2D eigenvalue weighted by molar-refractivity contribution is 7.93. The Morgan fingerprint density at radius 1 is 1.19 bits per heavy atom. The molecule has 1 N–H and O–H groups in total. The van der Waals surface area contributed by atoms with E-state index in [-0.39, 0.29) is 30.8 Å². The lowest BCUT2D eigenvalue weighted by molar-refractivity contribution is -0.135. The molecule has 192 valence electrons. The third kappa shape index (κ3) is 6.50. The second-order valence-electron chi connectivity index (χ2n) is 8.62. The standard InChI is InChI=1S/C24H25ClFN3O5S2/c1-17(8-13-35(2,31)32)28-23(30)24(26)9-11-29(12-10-24)36(33,34)22-7-6-20(25)15-21(22)19-5-3-4-18(14-19)16-27/h3-8,13-15,17H,9-12H2,1-2H3,(H,28,30)/b13-8-/t17-/m0/s1. The summed E-state index contributed by atoms with van der Waals surface area (Å²) in [7, 11) is -7.48. The summed E-state index contributed by atoms with van der Waals surface area (Å²) in [5.74, 6) is -0.925. The van der Waals surface area contributed by atoms with E-state index in [1.165, 1.54) is 31.2 Å². The number of hydrogen-bond acceptors (Lipinski definition) is 6. The molecule has 1 aliphatic rings. The Labute approximate surface area is 215 Å². The molecule has 0 bridgehead atoms. The molecule has 1 aliphatic heterocycles. The first-order valence-corrected chi connectivity index (χ1v) is 14.7. The fourth-order valence-corrected chi connectivity index (χ4v) is 6.13. The van der Waals surface area contributed by atoms with Crippen LogP contribution in [0.2, 0.25) is 5.02 Å². The van der Waals surface area contributed by atoms with Gasteiger partial charge in [0.2, 0.25) is 10.0 Å². The van der Waals surface area contributed by atoms with Crippen LogP contribution in [-0.4, -0.2) is 58.1 Å². The number of alkyl halides is 1. The van der Waals surface area contributed by atoms with E-state index in [9.17, 15) is 26.9 Å². The monoisotopic (exact) mass is 553 g/mol. The van der Waals surface area contributed by atoms with Crippen molar-refractivity contribution in [3.05, 3.63) is 64.5 Å². The molecule has 1 atom stereocenters. The molecule has 0 aromatic heterocycles. The second-order valence-corrected chi connectivity index (χ2v) is 12.9. The maximum Gasteiger partial charge on any atom is 0.258 e. The molecule has 3 rings (SSSR count). The summed E-state index contributed by atoms with van der Waals surface area (Å²) in [6.45, 7) is 1.03. The minimum atomic E-state index is -4.09. The molecule has 1 saturated heterocycles. The number of nitriles is 1. The number of amides is 1. The lowest BCUT2D eigenvalue weighted by Crippen LogP contribution is -2.53. The Bertz CT molecular complexity index is 1440. The van der Waals surface area contributed by atoms with Gasteiger partial charge in [-0.3, -0.25) is 4.79 Å². The summed E-state index contributed by atoms with van der Waals surface area (Å²) in [5.41, 5.74) is -1.16. The SMILES string of the molecule is C[C@@H](/C=C\S(C)(=O)=O)NC(=O)C1(F)CCN(S(=O)(=O)c2ccc(Cl)cc2-c2cccc(C#N)c2)CC1. The molecule has 0 radical (unpaired) electrons. The van der Waals surface area contributed by atoms with Crippen LogP contribution in [0.25, 0.3) is 11.1 Å². The van der Waals surface area contributed by atoms with Gasteiger partial charge in [0.25, 0.3) is 5.91 Å². The van der Waals surface area contributed by atoms with Crippen LogP contribution in [0.15, 0.2) is 58.8 Å². The largest absolute Gasteiger partial charge is 0.347 e. The highest BCUT2D eigenvalue weighted by atomic mass is 35.5. The smallest absolute Gasteiger partial charge is 0.258 e. The Morgan fingerprint density at radius 3 is 2.47 bits per heavy atom. The number of rotatable bonds is 7. The van der Waals surface area contributed by atoms with Crippen molar-refractivity contribution in [1.29, 1.82) is 5.26 Å². The Balaban J connectivity index is 1.80. The summed E-state index contributed by atoms with van der Waals surface area (Å²) >= 11 is 6.13. The van der Waals surface area contributed by atoms with Crippen molar-refractivity contribution in [3.63, 3.8) is 0 Å². The molecule has 2 aromatic carbocycles. The maximum atomic E-state index is 15.4. The fourth-order valence-electron chi connectivity index (χ4n) is 3.80. The molecule has 1 fully saturated rings. The number of nitrogens with one attached hydrogen (secondary N) is 1. The Hall–Kier alpha value is -2.78. The van der Waals surface area contributed by atoms with Gasteiger partial charge in [-0.1, -0.05) is 29.8 Å². The van der Waals surface area contributed by atoms with Crippen LogP contribution in [0.5, 0.6) is 0 Å². The van der Waals surface area contributed by atoms with E-state index < -0.39 is 37.5 Å². The van der Waals surface area contributed by atoms with Crippen LogP contribution in [0.4, 0.5) is 4.39 Å². The van der Waals surface area contributed by atoms with Crippen molar-refractivity contribution in [3.8, 4) is 17.2 Å². The molecule has 0 saturated carbocycles. The number of carbonyl (C=O) groups excluding carboxylic acids is 1. The number of hydrogen-bond donors (Lipinski definition) is 1. The Morgan fingerprint density at radius 2 is 1.86 bits per heavy atom. The third-order valence-corrected chi connectivity index (χ3v) is 8.60. The normalized spacial score (nSPS) is 17.4. The average Bonchev–Trinajstić information content (AvgIpc) is 2.82. The van der Waals surface area contributed by atoms with Crippen molar-refractivity contribution < 1.29 is 26.0 Å². The van der Waals surface area contributed by atoms with E-state index in [0.29, 0.717) is 21.7 Å². The zero-order chi connectivity index (χ0) is 26.7. The van der Waals surface area contributed by atoms with E-state index in [2.05, 4.69) is 5.32 Å². The maximum absolute atomic E-state index is 15.4. The van der Waals surface area contributed by atoms with Gasteiger partial charge in [-0.15, -0.1) is 0 Å². The zero-order valence-corrected chi connectivity index (χ0v) is 22.0. The topological polar surface area (TPSA) is 124 Å². The van der Waals surface area contributed by atoms with Crippen molar-refractivity contribution in [2.24, 2.45) is 0 Å². The quantitative estimate of drug-likeness (QED) is 0.560. The molecule has 36 heavy (non-hydrogen) atoms. The van der Waals surface area contributed by atoms with Gasteiger partial charge in [-0.25, -0.2) is 21.2 Å². The first-order chi connectivity index (χ1) is 16.7. The summed E-state index contributed by atoms with van der Waals surface area (Å²) in [6, 6.07) is 12.0. The molecule has 1 amide bonds. The first kappa shape index (κ1) is 27.8. The fraction of sp³-hybridized carbons (Fsp3) is 0.333. The lowest BCUT2D eigenvalue weighted by atomic mass is 9.93. The molecule has 8 nitrogen and oxygen atoms in total. The van der Waals surface area contributed by atoms with Gasteiger partial charge in [0, 0.05) is 54.2 Å². The summed E-state index contributed by atoms with van der Waals surface area (Å²) in [4.78, 5) is 12.5. The molecular weight excluding hydrogens is 529 g/mol. The third-order valence-electron chi connectivity index (χ3n) is 5.76. The van der Waals surface area contributed by atoms with Gasteiger partial charge >= 0.3 is 0 Å². The molecule has 2 aromatic rings. The number of halogens is 2. The van der Waals surface area contributed by atoms with Gasteiger partial charge < -0.3 is 5.32 Å². The highest BCUT2D eigenvalue weighted by Crippen LogP contribution is 2.35. The molecular formula is C24H25ClFN3O5S2. The van der Waals surface area contributed by atoms with Gasteiger partial charge in [0.05, 0.1) is 16.5 Å². The van der Waals surface area contributed by atoms with Crippen LogP contribution in [0.1, 0.15) is 25.3 Å². The lowest BCUT2D eigenvalue weighted by Gasteiger charge is -2.35. The number of carbonyl (C=O) groups is 1. The van der Waals surface area contributed by atoms with Crippen LogP contribution >= 0.6 is 11.6 Å². The number of nitrogens with zero attached hydrogens (tertiary/aromatic N) is 2. The first-order valence-electron chi connectivity index (χ1n) is 10.9. The Kier molecular flexibility index (Phi) is 8.25. The number of sulfonamides is 1. The van der Waals surface area contributed by atoms with Gasteiger partial charge in [0.15, 0.2) is 15.5 Å². The average molecular weight is 554 g/mol. The zero-order valence-electron chi connectivity index (χ0n) is 19.6. The molecule has 0 unspecified atom stereocenters. The van der Waals surface area contributed by atoms with Gasteiger partial charge in [-0.05, 0) is 42.8 Å². The van der Waals surface area contributed by atoms with E-state index in [4.69, 9.17) is 11.6 Å². The van der Waals surface area contributed by atoms with E-state index in [1.54, 1.807) is 24.3 Å². The van der Waals surface area contributed by atoms with E-state index >= 15 is 4.39 Å². The molecule has 0 aliphatic carbocycles. The number of piperidine rings is 1. The van der Waals surface area contributed by atoms with Gasteiger partial charge in [-0.2, -0.15) is 9.57 Å². The predicted octanol–water partition coefficient (Wildman–Crippen LogP) is 3.43. The van der Waals surface area contributed by atoms with Crippen LogP contribution < -0.4 is 5.32 Å². The minimum absolute atomic E-state index is 0.0441. The summed E-state index contributed by atoms with van der Waals surface area (Å²) in [6.07, 6.45) is 1.50. The van der Waals surface area contributed by atoms with Crippen LogP contribution in [-0.2, 0) is 24.7 Å². The van der Waals surface area contributed by atoms with Crippen LogP contribution in [0, 0.1) is 11.3 Å². The molecule has 1 heterocycles. The number of benzene rings is 2. The summed E-state index contributed by atoms with van der Waals surface area (Å²) in [5, 5.41) is 12.9. The van der Waals surface area contributed by atoms with E-state index in [0.717, 1.165) is 16.0 Å². The van der Waals surface area contributed by atoms with Crippen molar-refractivity contribution in [2.45, 2.75) is 36.4 Å². The predicted molar refractivity (Wildman–Crippen MR) is 135 cm³/mol. The highest BCUT2D eigenvalue weighted by Gasteiger charge is 2.44. The van der Waals surface area contributed by atoms with Crippen molar-refractivity contribution in [2.75, 3.05) is 19.3 Å². The van der Waals surface area contributed by atoms with Gasteiger partial charge in [0.1, 0.15) is 0 Å². The molecule has 0 spiro atoms. The van der Waals surface area contributed by atoms with Crippen molar-refractivity contribution in [1.82, 2.24) is 9.62 Å². The molecule has 12 heteroatoms. The second kappa shape index (κ2) is 10.7. The van der Waals surface area contributed by atoms with E-state index in [1.807, 2.05) is 6.07 Å². The number of sulfone groups is 1. The van der Waals surface area contributed by atoms with Crippen LogP contribution in [0.3, 0.4) is 0 Å². The van der Waals surface area contributed by atoms with Crippen molar-refractivity contribution >= 4 is 37.4 Å².